The molecule has 4 rings (SSSR count). The van der Waals surface area contributed by atoms with Crippen molar-refractivity contribution in [1.29, 1.82) is 0 Å². The zero-order chi connectivity index (χ0) is 28.3. The lowest BCUT2D eigenvalue weighted by molar-refractivity contribution is -0.384. The van der Waals surface area contributed by atoms with Gasteiger partial charge in [0.25, 0.3) is 11.6 Å². The largest absolute Gasteiger partial charge is 0.465 e. The summed E-state index contributed by atoms with van der Waals surface area (Å²) in [6, 6.07) is 18.2. The first-order valence-electron chi connectivity index (χ1n) is 11.9. The lowest BCUT2D eigenvalue weighted by Gasteiger charge is -2.20. The summed E-state index contributed by atoms with van der Waals surface area (Å²) >= 11 is 0. The number of hydrogen-bond acceptors (Lipinski definition) is 8. The summed E-state index contributed by atoms with van der Waals surface area (Å²) < 4.78 is 4.83. The smallest absolute Gasteiger partial charge is 0.337 e. The highest BCUT2D eigenvalue weighted by Gasteiger charge is 2.30. The zero-order valence-electron chi connectivity index (χ0n) is 21.8. The van der Waals surface area contributed by atoms with Gasteiger partial charge in [-0.2, -0.15) is 0 Å². The van der Waals surface area contributed by atoms with Crippen LogP contribution in [0.15, 0.2) is 66.7 Å². The number of benzene rings is 3. The van der Waals surface area contributed by atoms with E-state index in [1.165, 1.54) is 31.2 Å². The highest BCUT2D eigenvalue weighted by Crippen LogP contribution is 2.39. The molecule has 11 nitrogen and oxygen atoms in total. The van der Waals surface area contributed by atoms with Gasteiger partial charge in [-0.3, -0.25) is 19.7 Å². The van der Waals surface area contributed by atoms with Gasteiger partial charge in [-0.15, -0.1) is 0 Å². The normalized spacial score (nSPS) is 13.4. The van der Waals surface area contributed by atoms with Gasteiger partial charge in [0.2, 0.25) is 5.91 Å². The number of likely N-dealkylation sites (N-methyl/N-ethyl adjacent to an activating group) is 2. The Morgan fingerprint density at radius 3 is 2.36 bits per heavy atom. The van der Waals surface area contributed by atoms with Crippen LogP contribution in [0.3, 0.4) is 0 Å². The van der Waals surface area contributed by atoms with E-state index in [1.54, 1.807) is 67.5 Å². The topological polar surface area (TPSA) is 134 Å². The molecule has 0 aromatic heterocycles. The first-order valence-corrected chi connectivity index (χ1v) is 11.9. The van der Waals surface area contributed by atoms with Gasteiger partial charge < -0.3 is 25.2 Å². The first kappa shape index (κ1) is 27.0. The van der Waals surface area contributed by atoms with Crippen molar-refractivity contribution in [1.82, 2.24) is 4.90 Å². The van der Waals surface area contributed by atoms with Crippen molar-refractivity contribution in [3.05, 3.63) is 93.5 Å². The Labute approximate surface area is 224 Å². The van der Waals surface area contributed by atoms with Crippen LogP contribution in [0.4, 0.5) is 22.7 Å². The number of nitrogens with one attached hydrogen (secondary N) is 2. The zero-order valence-corrected chi connectivity index (χ0v) is 21.8. The highest BCUT2D eigenvalue weighted by atomic mass is 16.6. The van der Waals surface area contributed by atoms with E-state index in [-0.39, 0.29) is 35.0 Å². The number of hydrogen-bond donors (Lipinski definition) is 2. The molecule has 1 aliphatic rings. The van der Waals surface area contributed by atoms with E-state index in [0.29, 0.717) is 28.2 Å². The van der Waals surface area contributed by atoms with Crippen LogP contribution in [-0.2, 0) is 14.3 Å². The number of methoxy groups -OCH3 is 1. The summed E-state index contributed by atoms with van der Waals surface area (Å²) in [7, 11) is 6.22. The van der Waals surface area contributed by atoms with Gasteiger partial charge in [0.1, 0.15) is 5.69 Å². The Morgan fingerprint density at radius 2 is 1.72 bits per heavy atom. The van der Waals surface area contributed by atoms with Crippen LogP contribution in [0.25, 0.3) is 11.3 Å². The molecule has 2 amide bonds. The minimum Gasteiger partial charge on any atom is -0.465 e. The Balaban J connectivity index is 1.83. The van der Waals surface area contributed by atoms with Crippen molar-refractivity contribution in [2.45, 2.75) is 0 Å². The molecule has 0 radical (unpaired) electrons. The van der Waals surface area contributed by atoms with E-state index in [0.717, 1.165) is 0 Å². The van der Waals surface area contributed by atoms with Gasteiger partial charge >= 0.3 is 5.97 Å². The van der Waals surface area contributed by atoms with Gasteiger partial charge in [0.15, 0.2) is 0 Å². The molecule has 3 aromatic carbocycles. The van der Waals surface area contributed by atoms with Crippen LogP contribution >= 0.6 is 0 Å². The number of carbonyl (C=O) groups excluding carboxylic acids is 3. The summed E-state index contributed by atoms with van der Waals surface area (Å²) in [5.41, 5.74) is 2.73. The van der Waals surface area contributed by atoms with Crippen LogP contribution in [0.2, 0.25) is 0 Å². The molecular formula is C28H27N5O6. The second-order valence-corrected chi connectivity index (χ2v) is 9.10. The van der Waals surface area contributed by atoms with Crippen LogP contribution < -0.4 is 15.5 Å². The summed E-state index contributed by atoms with van der Waals surface area (Å²) in [5.74, 6) is -1.26. The quantitative estimate of drug-likeness (QED) is 0.195. The number of anilines is 3. The lowest BCUT2D eigenvalue weighted by atomic mass is 9.98. The number of amides is 2. The number of ether oxygens (including phenoxy) is 1. The molecule has 39 heavy (non-hydrogen) atoms. The van der Waals surface area contributed by atoms with Crippen molar-refractivity contribution in [2.75, 3.05) is 50.3 Å². The second kappa shape index (κ2) is 11.2. The number of nitro groups is 1. The Kier molecular flexibility index (Phi) is 7.73. The molecule has 0 fully saturated rings. The van der Waals surface area contributed by atoms with Gasteiger partial charge in [-0.25, -0.2) is 4.79 Å². The number of rotatable bonds is 8. The maximum Gasteiger partial charge on any atom is 0.337 e. The van der Waals surface area contributed by atoms with Crippen molar-refractivity contribution in [2.24, 2.45) is 0 Å². The van der Waals surface area contributed by atoms with E-state index in [2.05, 4.69) is 10.6 Å². The average Bonchev–Trinajstić information content (AvgIpc) is 3.25. The fourth-order valence-corrected chi connectivity index (χ4v) is 4.23. The SMILES string of the molecule is COC(=O)c1ccc2c(c1)/C(=C(/Nc1ccc(N(C)C(=O)CN(C)C)c([N+](=O)[O-])c1)c1ccccc1)C(=O)N2. The van der Waals surface area contributed by atoms with Gasteiger partial charge in [0, 0.05) is 30.1 Å². The maximum atomic E-state index is 13.2. The molecule has 200 valence electrons. The molecular weight excluding hydrogens is 502 g/mol. The summed E-state index contributed by atoms with van der Waals surface area (Å²) in [6.45, 7) is 0.0833. The molecule has 0 bridgehead atoms. The fourth-order valence-electron chi connectivity index (χ4n) is 4.23. The lowest BCUT2D eigenvalue weighted by Crippen LogP contribution is -2.35. The third kappa shape index (κ3) is 5.63. The third-order valence-electron chi connectivity index (χ3n) is 6.13. The van der Waals surface area contributed by atoms with Crippen LogP contribution in [0, 0.1) is 10.1 Å². The Bertz CT molecular complexity index is 1500. The van der Waals surface area contributed by atoms with Crippen molar-refractivity contribution < 1.29 is 24.0 Å². The molecule has 1 heterocycles. The number of nitrogens with zero attached hydrogens (tertiary/aromatic N) is 3. The second-order valence-electron chi connectivity index (χ2n) is 9.10. The molecule has 0 unspecified atom stereocenters. The highest BCUT2D eigenvalue weighted by molar-refractivity contribution is 6.37. The summed E-state index contributed by atoms with van der Waals surface area (Å²) in [6.07, 6.45) is 0. The molecule has 11 heteroatoms. The predicted molar refractivity (Wildman–Crippen MR) is 148 cm³/mol. The van der Waals surface area contributed by atoms with E-state index in [4.69, 9.17) is 4.74 Å². The van der Waals surface area contributed by atoms with Gasteiger partial charge in [-0.05, 0) is 50.0 Å². The number of esters is 1. The molecule has 3 aromatic rings. The van der Waals surface area contributed by atoms with Gasteiger partial charge in [-0.1, -0.05) is 30.3 Å². The van der Waals surface area contributed by atoms with Crippen LogP contribution in [-0.4, -0.2) is 62.4 Å². The monoisotopic (exact) mass is 529 g/mol. The maximum absolute atomic E-state index is 13.2. The summed E-state index contributed by atoms with van der Waals surface area (Å²) in [4.78, 5) is 52.3. The van der Waals surface area contributed by atoms with Gasteiger partial charge in [0.05, 0.1) is 35.4 Å². The number of carbonyl (C=O) groups is 3. The van der Waals surface area contributed by atoms with E-state index in [9.17, 15) is 24.5 Å². The molecule has 0 saturated carbocycles. The van der Waals surface area contributed by atoms with E-state index < -0.39 is 16.8 Å². The third-order valence-corrected chi connectivity index (χ3v) is 6.13. The standard InChI is InChI=1S/C28H27N5O6/c1-31(2)16-24(34)32(3)22-13-11-19(15-23(22)33(37)38)29-26(17-8-6-5-7-9-17)25-20-14-18(28(36)39-4)10-12-21(20)30-27(25)35/h5-15,29H,16H2,1-4H3,(H,30,35)/b26-25-. The molecule has 0 atom stereocenters. The summed E-state index contributed by atoms with van der Waals surface area (Å²) in [5, 5.41) is 18.0. The van der Waals surface area contributed by atoms with E-state index in [1.807, 2.05) is 6.07 Å². The van der Waals surface area contributed by atoms with Crippen molar-refractivity contribution in [3.63, 3.8) is 0 Å². The molecule has 2 N–H and O–H groups in total. The Hall–Kier alpha value is -5.03. The molecule has 0 aliphatic carbocycles. The number of nitro benzene ring substituents is 1. The van der Waals surface area contributed by atoms with E-state index >= 15 is 0 Å². The fraction of sp³-hybridized carbons (Fsp3) is 0.179. The predicted octanol–water partition coefficient (Wildman–Crippen LogP) is 3.84. The first-order chi connectivity index (χ1) is 18.6. The minimum absolute atomic E-state index is 0.0833. The van der Waals surface area contributed by atoms with Crippen molar-refractivity contribution in [3.8, 4) is 0 Å². The number of fused-ring (bicyclic) bond motifs is 1. The molecule has 0 saturated heterocycles. The van der Waals surface area contributed by atoms with Crippen LogP contribution in [0.1, 0.15) is 21.5 Å². The molecule has 1 aliphatic heterocycles. The van der Waals surface area contributed by atoms with Crippen molar-refractivity contribution >= 4 is 51.8 Å². The average molecular weight is 530 g/mol. The van der Waals surface area contributed by atoms with Crippen LogP contribution in [0.5, 0.6) is 0 Å². The molecule has 0 spiro atoms. The minimum atomic E-state index is -0.560. The Morgan fingerprint density at radius 1 is 1.00 bits per heavy atom.